The number of rotatable bonds is 5. The SMILES string of the molecule is Cc1nnc(-c2ccccc2NC(=O)CC[C@H]2CC[C@H](C)O2)o1. The largest absolute Gasteiger partial charge is 0.421 e. The minimum Gasteiger partial charge on any atom is -0.421 e. The molecule has 1 N–H and O–H groups in total. The fourth-order valence-corrected chi connectivity index (χ4v) is 2.79. The molecule has 0 aliphatic carbocycles. The third-order valence-corrected chi connectivity index (χ3v) is 3.97. The van der Waals surface area contributed by atoms with Crippen molar-refractivity contribution in [1.82, 2.24) is 10.2 Å². The lowest BCUT2D eigenvalue weighted by Crippen LogP contribution is -2.16. The van der Waals surface area contributed by atoms with Crippen LogP contribution in [0, 0.1) is 6.92 Å². The zero-order chi connectivity index (χ0) is 16.2. The summed E-state index contributed by atoms with van der Waals surface area (Å²) in [6, 6.07) is 7.42. The van der Waals surface area contributed by atoms with Gasteiger partial charge < -0.3 is 14.5 Å². The molecule has 1 aliphatic rings. The highest BCUT2D eigenvalue weighted by Crippen LogP contribution is 2.27. The van der Waals surface area contributed by atoms with Gasteiger partial charge in [-0.1, -0.05) is 12.1 Å². The molecule has 0 spiro atoms. The summed E-state index contributed by atoms with van der Waals surface area (Å²) in [5.74, 6) is 0.872. The third kappa shape index (κ3) is 3.96. The van der Waals surface area contributed by atoms with Gasteiger partial charge in [0.05, 0.1) is 23.5 Å². The zero-order valence-corrected chi connectivity index (χ0v) is 13.4. The van der Waals surface area contributed by atoms with Gasteiger partial charge >= 0.3 is 0 Å². The number of hydrogen-bond donors (Lipinski definition) is 1. The molecule has 0 saturated carbocycles. The molecule has 122 valence electrons. The van der Waals surface area contributed by atoms with Crippen LogP contribution in [-0.4, -0.2) is 28.3 Å². The second-order valence-electron chi connectivity index (χ2n) is 5.90. The van der Waals surface area contributed by atoms with Crippen LogP contribution in [0.2, 0.25) is 0 Å². The Morgan fingerprint density at radius 3 is 2.83 bits per heavy atom. The normalized spacial score (nSPS) is 20.6. The van der Waals surface area contributed by atoms with Gasteiger partial charge in [-0.15, -0.1) is 10.2 Å². The molecule has 6 nitrogen and oxygen atoms in total. The van der Waals surface area contributed by atoms with Crippen molar-refractivity contribution in [2.24, 2.45) is 0 Å². The van der Waals surface area contributed by atoms with Crippen LogP contribution in [0.4, 0.5) is 5.69 Å². The summed E-state index contributed by atoms with van der Waals surface area (Å²) >= 11 is 0. The number of amides is 1. The van der Waals surface area contributed by atoms with Crippen LogP contribution >= 0.6 is 0 Å². The number of benzene rings is 1. The number of anilines is 1. The Kier molecular flexibility index (Phi) is 4.71. The van der Waals surface area contributed by atoms with Gasteiger partial charge in [-0.3, -0.25) is 4.79 Å². The lowest BCUT2D eigenvalue weighted by atomic mass is 10.1. The van der Waals surface area contributed by atoms with E-state index in [1.165, 1.54) is 0 Å². The molecule has 6 heteroatoms. The first kappa shape index (κ1) is 15.7. The van der Waals surface area contributed by atoms with E-state index < -0.39 is 0 Å². The second-order valence-corrected chi connectivity index (χ2v) is 5.90. The van der Waals surface area contributed by atoms with Crippen LogP contribution in [0.25, 0.3) is 11.5 Å². The van der Waals surface area contributed by atoms with E-state index in [0.717, 1.165) is 24.8 Å². The minimum atomic E-state index is -0.0307. The molecule has 0 radical (unpaired) electrons. The van der Waals surface area contributed by atoms with Crippen LogP contribution in [0.3, 0.4) is 0 Å². The maximum absolute atomic E-state index is 12.2. The Bertz CT molecular complexity index is 683. The van der Waals surface area contributed by atoms with E-state index in [1.807, 2.05) is 24.3 Å². The van der Waals surface area contributed by atoms with E-state index in [-0.39, 0.29) is 12.0 Å². The average molecular weight is 315 g/mol. The summed E-state index contributed by atoms with van der Waals surface area (Å²) in [5, 5.41) is 10.8. The van der Waals surface area contributed by atoms with Crippen molar-refractivity contribution in [3.8, 4) is 11.5 Å². The number of carbonyl (C=O) groups excluding carboxylic acids is 1. The van der Waals surface area contributed by atoms with E-state index in [1.54, 1.807) is 6.92 Å². The summed E-state index contributed by atoms with van der Waals surface area (Å²) in [5.41, 5.74) is 1.41. The highest BCUT2D eigenvalue weighted by molar-refractivity contribution is 5.94. The predicted octanol–water partition coefficient (Wildman–Crippen LogP) is 3.33. The standard InChI is InChI=1S/C17H21N3O3/c1-11-7-8-13(22-11)9-10-16(21)18-15-6-4-3-5-14(15)17-20-19-12(2)23-17/h3-6,11,13H,7-10H2,1-2H3,(H,18,21)/t11-,13+/m0/s1. The molecule has 2 heterocycles. The fourth-order valence-electron chi connectivity index (χ4n) is 2.79. The molecule has 0 bridgehead atoms. The first-order valence-electron chi connectivity index (χ1n) is 7.96. The van der Waals surface area contributed by atoms with Gasteiger partial charge in [0.15, 0.2) is 0 Å². The maximum atomic E-state index is 12.2. The Balaban J connectivity index is 1.62. The van der Waals surface area contributed by atoms with Gasteiger partial charge in [-0.25, -0.2) is 0 Å². The van der Waals surface area contributed by atoms with E-state index >= 15 is 0 Å². The number of carbonyl (C=O) groups is 1. The van der Waals surface area contributed by atoms with Crippen molar-refractivity contribution in [3.63, 3.8) is 0 Å². The van der Waals surface area contributed by atoms with Gasteiger partial charge in [-0.2, -0.15) is 0 Å². The molecule has 3 rings (SSSR count). The lowest BCUT2D eigenvalue weighted by molar-refractivity contribution is -0.116. The van der Waals surface area contributed by atoms with Gasteiger partial charge in [0.25, 0.3) is 0 Å². The summed E-state index contributed by atoms with van der Waals surface area (Å²) in [6.07, 6.45) is 3.80. The van der Waals surface area contributed by atoms with Crippen LogP contribution in [0.1, 0.15) is 38.5 Å². The Labute approximate surface area is 135 Å². The van der Waals surface area contributed by atoms with Crippen molar-refractivity contribution in [3.05, 3.63) is 30.2 Å². The van der Waals surface area contributed by atoms with Crippen LogP contribution in [-0.2, 0) is 9.53 Å². The summed E-state index contributed by atoms with van der Waals surface area (Å²) < 4.78 is 11.2. The Morgan fingerprint density at radius 2 is 2.13 bits per heavy atom. The molecule has 1 aliphatic heterocycles. The van der Waals surface area contributed by atoms with Crippen molar-refractivity contribution in [2.45, 2.75) is 51.7 Å². The Hall–Kier alpha value is -2.21. The molecule has 1 aromatic heterocycles. The highest BCUT2D eigenvalue weighted by atomic mass is 16.5. The van der Waals surface area contributed by atoms with Crippen LogP contribution < -0.4 is 5.32 Å². The number of ether oxygens (including phenoxy) is 1. The van der Waals surface area contributed by atoms with Crippen LogP contribution in [0.15, 0.2) is 28.7 Å². The van der Waals surface area contributed by atoms with Gasteiger partial charge in [0, 0.05) is 13.3 Å². The fraction of sp³-hybridized carbons (Fsp3) is 0.471. The molecular weight excluding hydrogens is 294 g/mol. The van der Waals surface area contributed by atoms with Crippen molar-refractivity contribution in [2.75, 3.05) is 5.32 Å². The lowest BCUT2D eigenvalue weighted by Gasteiger charge is -2.12. The number of aryl methyl sites for hydroxylation is 1. The number of nitrogens with one attached hydrogen (secondary N) is 1. The van der Waals surface area contributed by atoms with Gasteiger partial charge in [0.1, 0.15) is 0 Å². The predicted molar refractivity (Wildman–Crippen MR) is 85.9 cm³/mol. The number of aromatic nitrogens is 2. The van der Waals surface area contributed by atoms with E-state index in [0.29, 0.717) is 30.0 Å². The number of hydrogen-bond acceptors (Lipinski definition) is 5. The Morgan fingerprint density at radius 1 is 1.30 bits per heavy atom. The minimum absolute atomic E-state index is 0.0307. The summed E-state index contributed by atoms with van der Waals surface area (Å²) in [7, 11) is 0. The average Bonchev–Trinajstić information content (AvgIpc) is 3.14. The van der Waals surface area contributed by atoms with Gasteiger partial charge in [-0.05, 0) is 38.3 Å². The number of para-hydroxylation sites is 1. The zero-order valence-electron chi connectivity index (χ0n) is 13.4. The number of nitrogens with zero attached hydrogens (tertiary/aromatic N) is 2. The molecule has 0 unspecified atom stereocenters. The first-order valence-corrected chi connectivity index (χ1v) is 7.96. The molecule has 1 aromatic carbocycles. The molecule has 1 saturated heterocycles. The highest BCUT2D eigenvalue weighted by Gasteiger charge is 2.22. The molecule has 1 amide bonds. The molecule has 2 atom stereocenters. The second kappa shape index (κ2) is 6.91. The molecular formula is C17H21N3O3. The van der Waals surface area contributed by atoms with E-state index in [4.69, 9.17) is 9.15 Å². The summed E-state index contributed by atoms with van der Waals surface area (Å²) in [4.78, 5) is 12.2. The monoisotopic (exact) mass is 315 g/mol. The van der Waals surface area contributed by atoms with Crippen molar-refractivity contribution in [1.29, 1.82) is 0 Å². The molecule has 2 aromatic rings. The third-order valence-electron chi connectivity index (χ3n) is 3.97. The first-order chi connectivity index (χ1) is 11.1. The molecule has 1 fully saturated rings. The summed E-state index contributed by atoms with van der Waals surface area (Å²) in [6.45, 7) is 3.81. The van der Waals surface area contributed by atoms with E-state index in [9.17, 15) is 4.79 Å². The van der Waals surface area contributed by atoms with E-state index in [2.05, 4.69) is 22.4 Å². The quantitative estimate of drug-likeness (QED) is 0.915. The maximum Gasteiger partial charge on any atom is 0.249 e. The smallest absolute Gasteiger partial charge is 0.249 e. The molecule has 23 heavy (non-hydrogen) atoms. The van der Waals surface area contributed by atoms with Crippen molar-refractivity contribution >= 4 is 11.6 Å². The van der Waals surface area contributed by atoms with Crippen LogP contribution in [0.5, 0.6) is 0 Å². The van der Waals surface area contributed by atoms with Gasteiger partial charge in [0.2, 0.25) is 17.7 Å². The topological polar surface area (TPSA) is 77.2 Å². The van der Waals surface area contributed by atoms with Crippen molar-refractivity contribution < 1.29 is 13.9 Å².